The number of aryl methyl sites for hydroxylation is 4. The second-order valence-corrected chi connectivity index (χ2v) is 20.9. The second-order valence-electron chi connectivity index (χ2n) is 20.9. The third-order valence-electron chi connectivity index (χ3n) is 13.5. The molecule has 14 heteroatoms. The minimum absolute atomic E-state index is 0.0226. The predicted molar refractivity (Wildman–Crippen MR) is 286 cm³/mol. The molecule has 7 atom stereocenters. The third-order valence-corrected chi connectivity index (χ3v) is 13.5. The molecule has 7 rings (SSSR count). The fourth-order valence-electron chi connectivity index (χ4n) is 10.0. The van der Waals surface area contributed by atoms with Crippen molar-refractivity contribution in [1.29, 1.82) is 0 Å². The standard InChI is InChI=1S/C32H37N3O3.C27H38N4O4/c1-20-9-12-25(13-10-20)31(35-19-21(2)11-14-29(35)37)32(38)34-28(15-24(5)36)26-16-27(18-33-17-26)30-22(3)7-6-8-23(30)4;1-17(2)9-25(31-8-7-18(3)10-26(31)33)27(34)29-24(11-19(4)32)22-12-23(14-28-13-22)30-15-20(5)35-21(6)16-30/h6-10,12-13,16-18,21,28,31H,11,14-15,19H2,1-5H3,(H,34,38);7-8,10,12-14,17,20-21,24-25H,9,11,15-16H2,1-6H3,(H,29,34)/t21?,28-,31+;20-,21+,24-,25-/m00/s1. The van der Waals surface area contributed by atoms with Crippen molar-refractivity contribution < 1.29 is 28.7 Å². The number of ether oxygens (including phenoxy) is 1. The van der Waals surface area contributed by atoms with Gasteiger partial charge in [0.15, 0.2) is 0 Å². The Bertz CT molecular complexity index is 2780. The molecule has 0 saturated carbocycles. The van der Waals surface area contributed by atoms with Gasteiger partial charge in [0.25, 0.3) is 5.56 Å². The summed E-state index contributed by atoms with van der Waals surface area (Å²) in [6.07, 6.45) is 10.9. The van der Waals surface area contributed by atoms with Crippen LogP contribution in [0, 0.1) is 39.5 Å². The molecule has 2 aromatic carbocycles. The smallest absolute Gasteiger partial charge is 0.251 e. The first-order valence-electron chi connectivity index (χ1n) is 25.7. The molecule has 1 unspecified atom stereocenters. The van der Waals surface area contributed by atoms with Gasteiger partial charge in [0.2, 0.25) is 17.7 Å². The average Bonchev–Trinajstić information content (AvgIpc) is 3.32. The largest absolute Gasteiger partial charge is 0.372 e. The van der Waals surface area contributed by atoms with Crippen molar-refractivity contribution in [2.45, 2.75) is 145 Å². The molecular formula is C59H75N7O7. The van der Waals surface area contributed by atoms with Crippen molar-refractivity contribution in [3.63, 3.8) is 0 Å². The van der Waals surface area contributed by atoms with Gasteiger partial charge in [-0.1, -0.05) is 68.8 Å². The van der Waals surface area contributed by atoms with Gasteiger partial charge in [-0.25, -0.2) is 0 Å². The van der Waals surface area contributed by atoms with Crippen LogP contribution in [-0.2, 0) is 28.7 Å². The number of anilines is 1. The number of hydrogen-bond acceptors (Lipinski definition) is 10. The van der Waals surface area contributed by atoms with Crippen molar-refractivity contribution in [1.82, 2.24) is 30.1 Å². The predicted octanol–water partition coefficient (Wildman–Crippen LogP) is 9.40. The number of ketones is 2. The number of carbonyl (C=O) groups is 5. The van der Waals surface area contributed by atoms with Gasteiger partial charge in [-0.15, -0.1) is 0 Å². The molecule has 2 saturated heterocycles. The van der Waals surface area contributed by atoms with Crippen molar-refractivity contribution >= 4 is 35.0 Å². The van der Waals surface area contributed by atoms with Crippen LogP contribution in [0.25, 0.3) is 11.1 Å². The molecule has 2 aliphatic rings. The van der Waals surface area contributed by atoms with E-state index in [4.69, 9.17) is 4.74 Å². The quantitative estimate of drug-likeness (QED) is 0.0914. The monoisotopic (exact) mass is 994 g/mol. The van der Waals surface area contributed by atoms with E-state index in [-0.39, 0.29) is 65.8 Å². The molecule has 5 heterocycles. The molecule has 2 aliphatic heterocycles. The summed E-state index contributed by atoms with van der Waals surface area (Å²) in [6.45, 7) is 23.2. The van der Waals surface area contributed by atoms with Gasteiger partial charge in [0.05, 0.1) is 36.2 Å². The van der Waals surface area contributed by atoms with Crippen LogP contribution in [0.5, 0.6) is 0 Å². The van der Waals surface area contributed by atoms with E-state index in [0.717, 1.165) is 75.3 Å². The summed E-state index contributed by atoms with van der Waals surface area (Å²) in [6, 6.07) is 18.7. The molecule has 0 spiro atoms. The number of nitrogens with one attached hydrogen (secondary N) is 2. The lowest BCUT2D eigenvalue weighted by Gasteiger charge is -2.37. The zero-order valence-corrected chi connectivity index (χ0v) is 44.6. The first-order chi connectivity index (χ1) is 34.7. The highest BCUT2D eigenvalue weighted by molar-refractivity contribution is 5.90. The van der Waals surface area contributed by atoms with E-state index in [2.05, 4.69) is 58.4 Å². The Labute approximate surface area is 431 Å². The Balaban J connectivity index is 0.000000239. The van der Waals surface area contributed by atoms with E-state index in [1.165, 1.54) is 24.5 Å². The van der Waals surface area contributed by atoms with Crippen molar-refractivity contribution in [3.05, 3.63) is 147 Å². The lowest BCUT2D eigenvalue weighted by atomic mass is 9.93. The molecule has 2 fully saturated rings. The lowest BCUT2D eigenvalue weighted by Crippen LogP contribution is -2.48. The molecule has 0 aliphatic carbocycles. The van der Waals surface area contributed by atoms with E-state index in [1.807, 2.05) is 96.3 Å². The number of nitrogens with zero attached hydrogens (tertiary/aromatic N) is 5. The molecule has 5 aromatic rings. The third kappa shape index (κ3) is 15.1. The van der Waals surface area contributed by atoms with E-state index >= 15 is 0 Å². The first kappa shape index (κ1) is 55.5. The summed E-state index contributed by atoms with van der Waals surface area (Å²) in [5.74, 6) is -0.176. The van der Waals surface area contributed by atoms with Gasteiger partial charge in [0, 0.05) is 75.3 Å². The van der Waals surface area contributed by atoms with E-state index in [1.54, 1.807) is 29.7 Å². The number of Topliss-reactive ketones (excluding diaryl/α,β-unsaturated/α-hetero) is 2. The van der Waals surface area contributed by atoms with Crippen LogP contribution in [-0.4, -0.2) is 80.6 Å². The number of amides is 3. The van der Waals surface area contributed by atoms with Crippen LogP contribution in [0.3, 0.4) is 0 Å². The summed E-state index contributed by atoms with van der Waals surface area (Å²) in [5.41, 5.74) is 9.23. The van der Waals surface area contributed by atoms with E-state index in [0.29, 0.717) is 25.3 Å². The van der Waals surface area contributed by atoms with Crippen molar-refractivity contribution in [2.24, 2.45) is 11.8 Å². The average molecular weight is 994 g/mol. The van der Waals surface area contributed by atoms with Gasteiger partial charge >= 0.3 is 0 Å². The molecular weight excluding hydrogens is 919 g/mol. The Morgan fingerprint density at radius 2 is 1.29 bits per heavy atom. The lowest BCUT2D eigenvalue weighted by molar-refractivity contribution is -0.144. The van der Waals surface area contributed by atoms with Crippen LogP contribution >= 0.6 is 0 Å². The van der Waals surface area contributed by atoms with Crippen LogP contribution in [0.4, 0.5) is 5.69 Å². The molecule has 0 bridgehead atoms. The summed E-state index contributed by atoms with van der Waals surface area (Å²) < 4.78 is 7.33. The summed E-state index contributed by atoms with van der Waals surface area (Å²) >= 11 is 0. The first-order valence-corrected chi connectivity index (χ1v) is 25.7. The van der Waals surface area contributed by atoms with Gasteiger partial charge in [0.1, 0.15) is 23.7 Å². The van der Waals surface area contributed by atoms with Gasteiger partial charge in [-0.3, -0.25) is 38.7 Å². The maximum absolute atomic E-state index is 14.0. The van der Waals surface area contributed by atoms with Crippen LogP contribution in [0.1, 0.15) is 144 Å². The zero-order chi connectivity index (χ0) is 53.1. The van der Waals surface area contributed by atoms with Crippen LogP contribution in [0.15, 0.2) is 103 Å². The highest BCUT2D eigenvalue weighted by Crippen LogP contribution is 2.33. The second kappa shape index (κ2) is 25.2. The topological polar surface area (TPSA) is 173 Å². The Hall–Kier alpha value is -6.80. The van der Waals surface area contributed by atoms with Gasteiger partial charge in [-0.05, 0) is 137 Å². The van der Waals surface area contributed by atoms with E-state index in [9.17, 15) is 28.8 Å². The SMILES string of the molecule is CC(=O)C[C@H](NC(=O)[C@@H](c1ccc(C)cc1)N1CC(C)CCC1=O)c1cncc(-c2c(C)cccc2C)c1.CC(=O)C[C@H](NC(=O)[C@H](CC(C)C)n1ccc(C)cc1=O)c1cncc(N2C[C@@H](C)O[C@@H](C)C2)c1. The Morgan fingerprint density at radius 3 is 1.88 bits per heavy atom. The number of pyridine rings is 3. The number of likely N-dealkylation sites (tertiary alicyclic amines) is 1. The molecule has 388 valence electrons. The molecule has 3 amide bonds. The minimum atomic E-state index is -0.768. The number of carbonyl (C=O) groups excluding carboxylic acids is 5. The van der Waals surface area contributed by atoms with Crippen molar-refractivity contribution in [2.75, 3.05) is 24.5 Å². The summed E-state index contributed by atoms with van der Waals surface area (Å²) in [5, 5.41) is 6.18. The van der Waals surface area contributed by atoms with Crippen LogP contribution in [0.2, 0.25) is 0 Å². The number of piperidine rings is 1. The maximum atomic E-state index is 14.0. The van der Waals surface area contributed by atoms with E-state index < -0.39 is 24.2 Å². The Morgan fingerprint density at radius 1 is 0.699 bits per heavy atom. The fourth-order valence-corrected chi connectivity index (χ4v) is 10.0. The Kier molecular flexibility index (Phi) is 19.2. The van der Waals surface area contributed by atoms with Crippen LogP contribution < -0.4 is 21.1 Å². The zero-order valence-electron chi connectivity index (χ0n) is 44.6. The summed E-state index contributed by atoms with van der Waals surface area (Å²) in [7, 11) is 0. The van der Waals surface area contributed by atoms with Crippen molar-refractivity contribution in [3.8, 4) is 11.1 Å². The fraction of sp³-hybridized carbons (Fsp3) is 0.458. The minimum Gasteiger partial charge on any atom is -0.372 e. The molecule has 0 radical (unpaired) electrons. The highest BCUT2D eigenvalue weighted by Gasteiger charge is 2.36. The number of rotatable bonds is 17. The molecule has 73 heavy (non-hydrogen) atoms. The van der Waals surface area contributed by atoms with Gasteiger partial charge < -0.3 is 29.7 Å². The molecule has 2 N–H and O–H groups in total. The van der Waals surface area contributed by atoms with Gasteiger partial charge in [-0.2, -0.15) is 0 Å². The number of hydrogen-bond donors (Lipinski definition) is 2. The normalized spacial score (nSPS) is 18.5. The number of aromatic nitrogens is 3. The maximum Gasteiger partial charge on any atom is 0.251 e. The number of morpholine rings is 1. The number of benzene rings is 2. The summed E-state index contributed by atoms with van der Waals surface area (Å²) in [4.78, 5) is 90.4. The molecule has 14 nitrogen and oxygen atoms in total. The highest BCUT2D eigenvalue weighted by atomic mass is 16.5. The molecule has 3 aromatic heterocycles.